The number of carbonyl (C=O) groups is 1. The van der Waals surface area contributed by atoms with Crippen LogP contribution in [0.2, 0.25) is 0 Å². The summed E-state index contributed by atoms with van der Waals surface area (Å²) < 4.78 is 16.3. The zero-order valence-corrected chi connectivity index (χ0v) is 23.2. The number of nitrogens with zero attached hydrogens (tertiary/aromatic N) is 3. The summed E-state index contributed by atoms with van der Waals surface area (Å²) in [5.41, 5.74) is 2.37. The molecule has 0 radical (unpaired) electrons. The summed E-state index contributed by atoms with van der Waals surface area (Å²) in [6.07, 6.45) is 1.27. The third-order valence-electron chi connectivity index (χ3n) is 6.07. The number of hydrogen-bond donors (Lipinski definition) is 1. The van der Waals surface area contributed by atoms with Crippen molar-refractivity contribution in [2.24, 2.45) is 0 Å². The van der Waals surface area contributed by atoms with Crippen LogP contribution in [0.15, 0.2) is 66.9 Å². The zero-order chi connectivity index (χ0) is 27.7. The van der Waals surface area contributed by atoms with Crippen LogP contribution in [-0.4, -0.2) is 54.1 Å². The van der Waals surface area contributed by atoms with Gasteiger partial charge in [-0.1, -0.05) is 30.3 Å². The summed E-state index contributed by atoms with van der Waals surface area (Å²) in [7, 11) is 3.30. The van der Waals surface area contributed by atoms with Gasteiger partial charge in [-0.25, -0.2) is 9.78 Å². The van der Waals surface area contributed by atoms with Gasteiger partial charge in [-0.3, -0.25) is 4.90 Å². The Labute approximate surface area is 225 Å². The number of rotatable bonds is 11. The van der Waals surface area contributed by atoms with Crippen molar-refractivity contribution in [3.63, 3.8) is 0 Å². The van der Waals surface area contributed by atoms with Crippen LogP contribution in [0.1, 0.15) is 50.4 Å². The molecule has 0 aliphatic carbocycles. The molecule has 1 N–H and O–H groups in total. The number of carbonyl (C=O) groups excluding carboxylic acids is 1. The van der Waals surface area contributed by atoms with Crippen LogP contribution in [-0.2, 0) is 17.8 Å². The minimum absolute atomic E-state index is 0.140. The van der Waals surface area contributed by atoms with E-state index in [9.17, 15) is 9.90 Å². The van der Waals surface area contributed by atoms with E-state index in [4.69, 9.17) is 19.2 Å². The minimum Gasteiger partial charge on any atom is -0.497 e. The molecule has 0 saturated carbocycles. The molecule has 0 fully saturated rings. The Morgan fingerprint density at radius 2 is 1.45 bits per heavy atom. The third-order valence-corrected chi connectivity index (χ3v) is 6.07. The first kappa shape index (κ1) is 28.8. The fourth-order valence-corrected chi connectivity index (χ4v) is 4.15. The highest BCUT2D eigenvalue weighted by molar-refractivity contribution is 5.69. The molecular formula is C30H39N3O5. The molecule has 1 amide bonds. The van der Waals surface area contributed by atoms with Gasteiger partial charge in [0, 0.05) is 31.4 Å². The van der Waals surface area contributed by atoms with E-state index in [2.05, 4.69) is 4.90 Å². The van der Waals surface area contributed by atoms with Crippen molar-refractivity contribution in [1.82, 2.24) is 9.88 Å². The molecule has 1 unspecified atom stereocenters. The van der Waals surface area contributed by atoms with Crippen LogP contribution in [0.5, 0.6) is 11.5 Å². The Kier molecular flexibility index (Phi) is 9.96. The molecule has 8 nitrogen and oxygen atoms in total. The zero-order valence-electron chi connectivity index (χ0n) is 23.2. The third kappa shape index (κ3) is 7.86. The number of amides is 1. The first-order valence-corrected chi connectivity index (χ1v) is 12.7. The van der Waals surface area contributed by atoms with E-state index in [-0.39, 0.29) is 13.2 Å². The summed E-state index contributed by atoms with van der Waals surface area (Å²) in [5.74, 6) is 2.33. The number of aromatic nitrogens is 1. The number of aliphatic hydroxyl groups is 1. The summed E-state index contributed by atoms with van der Waals surface area (Å²) in [5, 5.41) is 9.74. The normalized spacial score (nSPS) is 12.0. The topological polar surface area (TPSA) is 84.4 Å². The number of benzene rings is 2. The van der Waals surface area contributed by atoms with Crippen molar-refractivity contribution in [1.29, 1.82) is 0 Å². The molecule has 0 spiro atoms. The number of aliphatic hydroxyl groups excluding tert-OH is 1. The van der Waals surface area contributed by atoms with E-state index in [1.54, 1.807) is 25.3 Å². The van der Waals surface area contributed by atoms with Crippen LogP contribution in [0, 0.1) is 0 Å². The first-order chi connectivity index (χ1) is 18.1. The van der Waals surface area contributed by atoms with E-state index in [1.807, 2.05) is 88.4 Å². The maximum Gasteiger partial charge on any atom is 0.410 e. The Morgan fingerprint density at radius 3 is 1.89 bits per heavy atom. The lowest BCUT2D eigenvalue weighted by Gasteiger charge is -2.34. The highest BCUT2D eigenvalue weighted by Gasteiger charge is 2.29. The van der Waals surface area contributed by atoms with E-state index in [0.29, 0.717) is 13.1 Å². The smallest absolute Gasteiger partial charge is 0.410 e. The second kappa shape index (κ2) is 13.1. The predicted octanol–water partition coefficient (Wildman–Crippen LogP) is 5.60. The van der Waals surface area contributed by atoms with Crippen LogP contribution in [0.25, 0.3) is 0 Å². The second-order valence-corrected chi connectivity index (χ2v) is 10.0. The number of hydrogen-bond acceptors (Lipinski definition) is 7. The number of ether oxygens (including phenoxy) is 3. The molecule has 8 heteroatoms. The molecular weight excluding hydrogens is 482 g/mol. The lowest BCUT2D eigenvalue weighted by atomic mass is 10.1. The fraction of sp³-hybridized carbons (Fsp3) is 0.400. The summed E-state index contributed by atoms with van der Waals surface area (Å²) in [4.78, 5) is 21.6. The molecule has 204 valence electrons. The van der Waals surface area contributed by atoms with Gasteiger partial charge in [0.2, 0.25) is 0 Å². The first-order valence-electron chi connectivity index (χ1n) is 12.7. The number of pyridine rings is 1. The summed E-state index contributed by atoms with van der Waals surface area (Å²) >= 11 is 0. The predicted molar refractivity (Wildman–Crippen MR) is 149 cm³/mol. The van der Waals surface area contributed by atoms with Crippen molar-refractivity contribution in [3.05, 3.63) is 83.6 Å². The lowest BCUT2D eigenvalue weighted by molar-refractivity contribution is 0.0137. The Bertz CT molecular complexity index is 1110. The van der Waals surface area contributed by atoms with Gasteiger partial charge in [-0.05, 0) is 69.2 Å². The number of methoxy groups -OCH3 is 2. The molecule has 1 atom stereocenters. The molecule has 1 aromatic heterocycles. The van der Waals surface area contributed by atoms with Crippen molar-refractivity contribution in [3.8, 4) is 11.5 Å². The van der Waals surface area contributed by atoms with E-state index < -0.39 is 17.7 Å². The molecule has 0 aliphatic heterocycles. The average Bonchev–Trinajstić information content (AvgIpc) is 2.90. The van der Waals surface area contributed by atoms with Crippen molar-refractivity contribution >= 4 is 11.9 Å². The Hall–Kier alpha value is -3.78. The summed E-state index contributed by atoms with van der Waals surface area (Å²) in [6, 6.07) is 19.3. The fourth-order valence-electron chi connectivity index (χ4n) is 4.15. The van der Waals surface area contributed by atoms with Gasteiger partial charge in [0.1, 0.15) is 22.9 Å². The van der Waals surface area contributed by atoms with Gasteiger partial charge in [0.15, 0.2) is 0 Å². The van der Waals surface area contributed by atoms with Gasteiger partial charge < -0.3 is 24.2 Å². The quantitative estimate of drug-likeness (QED) is 0.352. The Morgan fingerprint density at radius 1 is 0.921 bits per heavy atom. The van der Waals surface area contributed by atoms with Gasteiger partial charge in [0.05, 0.1) is 26.9 Å². The highest BCUT2D eigenvalue weighted by atomic mass is 16.6. The maximum absolute atomic E-state index is 13.1. The molecule has 2 aromatic carbocycles. The molecule has 38 heavy (non-hydrogen) atoms. The maximum atomic E-state index is 13.1. The number of anilines is 1. The minimum atomic E-state index is -0.656. The SMILES string of the molecule is COc1ccc(CN(Cc2ccc(OC)cc2)c2ncccc2C(C)N(CCO)C(=O)OC(C)(C)C)cc1. The van der Waals surface area contributed by atoms with Crippen molar-refractivity contribution < 1.29 is 24.1 Å². The van der Waals surface area contributed by atoms with Crippen LogP contribution >= 0.6 is 0 Å². The lowest BCUT2D eigenvalue weighted by Crippen LogP contribution is -2.40. The monoisotopic (exact) mass is 521 g/mol. The average molecular weight is 522 g/mol. The van der Waals surface area contributed by atoms with Crippen molar-refractivity contribution in [2.45, 2.75) is 52.4 Å². The van der Waals surface area contributed by atoms with Gasteiger partial charge in [-0.2, -0.15) is 0 Å². The molecule has 0 aliphatic rings. The van der Waals surface area contributed by atoms with E-state index in [1.165, 1.54) is 0 Å². The van der Waals surface area contributed by atoms with Gasteiger partial charge >= 0.3 is 6.09 Å². The van der Waals surface area contributed by atoms with Crippen LogP contribution < -0.4 is 14.4 Å². The van der Waals surface area contributed by atoms with Gasteiger partial charge in [-0.15, -0.1) is 0 Å². The van der Waals surface area contributed by atoms with E-state index in [0.717, 1.165) is 34.0 Å². The molecule has 0 saturated heterocycles. The highest BCUT2D eigenvalue weighted by Crippen LogP contribution is 2.31. The summed E-state index contributed by atoms with van der Waals surface area (Å²) in [6.45, 7) is 8.54. The van der Waals surface area contributed by atoms with E-state index >= 15 is 0 Å². The van der Waals surface area contributed by atoms with Crippen molar-refractivity contribution in [2.75, 3.05) is 32.3 Å². The molecule has 1 heterocycles. The standard InChI is InChI=1S/C30H39N3O5/c1-22(33(18-19-34)29(35)38-30(2,3)4)27-8-7-17-31-28(27)32(20-23-9-13-25(36-5)14-10-23)21-24-11-15-26(37-6)16-12-24/h7-17,22,34H,18-21H2,1-6H3. The van der Waals surface area contributed by atoms with Crippen LogP contribution in [0.4, 0.5) is 10.6 Å². The largest absolute Gasteiger partial charge is 0.497 e. The van der Waals surface area contributed by atoms with Crippen LogP contribution in [0.3, 0.4) is 0 Å². The second-order valence-electron chi connectivity index (χ2n) is 10.0. The Balaban J connectivity index is 2.00. The molecule has 0 bridgehead atoms. The molecule has 3 rings (SSSR count). The van der Waals surface area contributed by atoms with Gasteiger partial charge in [0.25, 0.3) is 0 Å². The molecule has 3 aromatic rings.